The van der Waals surface area contributed by atoms with Crippen molar-refractivity contribution >= 4 is 5.91 Å². The van der Waals surface area contributed by atoms with Crippen molar-refractivity contribution in [3.05, 3.63) is 35.7 Å². The van der Waals surface area contributed by atoms with Crippen molar-refractivity contribution in [2.24, 2.45) is 13.0 Å². The van der Waals surface area contributed by atoms with Gasteiger partial charge in [0.05, 0.1) is 6.61 Å². The van der Waals surface area contributed by atoms with E-state index >= 15 is 0 Å². The van der Waals surface area contributed by atoms with E-state index in [-0.39, 0.29) is 11.9 Å². The van der Waals surface area contributed by atoms with Crippen molar-refractivity contribution in [2.45, 2.75) is 57.4 Å². The summed E-state index contributed by atoms with van der Waals surface area (Å²) in [5, 5.41) is 4.13. The molecule has 2 aliphatic rings. The van der Waals surface area contributed by atoms with Gasteiger partial charge >= 0.3 is 0 Å². The highest BCUT2D eigenvalue weighted by atomic mass is 16.5. The van der Waals surface area contributed by atoms with Gasteiger partial charge < -0.3 is 18.7 Å². The van der Waals surface area contributed by atoms with Crippen LogP contribution in [0, 0.1) is 5.92 Å². The van der Waals surface area contributed by atoms with Gasteiger partial charge in [0.15, 0.2) is 5.82 Å². The number of carbonyl (C=O) groups is 1. The zero-order valence-corrected chi connectivity index (χ0v) is 16.7. The highest BCUT2D eigenvalue weighted by Gasteiger charge is 2.33. The SMILES string of the molecule is Cn1cccc1C(=O)N1CCCCC1c1nc(CCOCC2CCCC2)no1. The first-order chi connectivity index (χ1) is 13.7. The van der Waals surface area contributed by atoms with Gasteiger partial charge in [0.1, 0.15) is 11.7 Å². The molecule has 2 aromatic rings. The van der Waals surface area contributed by atoms with Gasteiger partial charge in [-0.1, -0.05) is 18.0 Å². The third-order valence-electron chi connectivity index (χ3n) is 5.99. The van der Waals surface area contributed by atoms with Crippen molar-refractivity contribution in [3.8, 4) is 0 Å². The number of nitrogens with zero attached hydrogens (tertiary/aromatic N) is 4. The number of hydrogen-bond acceptors (Lipinski definition) is 5. The molecule has 4 rings (SSSR count). The Labute approximate surface area is 166 Å². The van der Waals surface area contributed by atoms with E-state index in [1.54, 1.807) is 0 Å². The van der Waals surface area contributed by atoms with Gasteiger partial charge in [-0.05, 0) is 50.2 Å². The number of hydrogen-bond donors (Lipinski definition) is 0. The zero-order valence-electron chi connectivity index (χ0n) is 16.7. The second-order valence-electron chi connectivity index (χ2n) is 8.04. The van der Waals surface area contributed by atoms with Crippen LogP contribution in [-0.4, -0.2) is 45.3 Å². The fourth-order valence-corrected chi connectivity index (χ4v) is 4.36. The van der Waals surface area contributed by atoms with Crippen LogP contribution in [0.15, 0.2) is 22.9 Å². The van der Waals surface area contributed by atoms with E-state index in [4.69, 9.17) is 9.26 Å². The first kappa shape index (κ1) is 19.2. The number of rotatable bonds is 7. The summed E-state index contributed by atoms with van der Waals surface area (Å²) in [6.45, 7) is 2.18. The third-order valence-corrected chi connectivity index (χ3v) is 5.99. The van der Waals surface area contributed by atoms with Crippen LogP contribution < -0.4 is 0 Å². The van der Waals surface area contributed by atoms with Crippen LogP contribution in [0.1, 0.15) is 73.2 Å². The summed E-state index contributed by atoms with van der Waals surface area (Å²) < 4.78 is 13.2. The van der Waals surface area contributed by atoms with Crippen LogP contribution in [-0.2, 0) is 18.2 Å². The number of ether oxygens (including phenoxy) is 1. The van der Waals surface area contributed by atoms with Crippen LogP contribution in [0.5, 0.6) is 0 Å². The second-order valence-corrected chi connectivity index (χ2v) is 8.04. The lowest BCUT2D eigenvalue weighted by atomic mass is 10.0. The molecule has 0 spiro atoms. The number of aromatic nitrogens is 3. The summed E-state index contributed by atoms with van der Waals surface area (Å²) in [6, 6.07) is 3.61. The van der Waals surface area contributed by atoms with Gasteiger partial charge in [-0.25, -0.2) is 0 Å². The Balaban J connectivity index is 1.35. The summed E-state index contributed by atoms with van der Waals surface area (Å²) in [6.07, 6.45) is 10.7. The Morgan fingerprint density at radius 2 is 2.07 bits per heavy atom. The Morgan fingerprint density at radius 3 is 2.86 bits per heavy atom. The Hall–Kier alpha value is -2.15. The summed E-state index contributed by atoms with van der Waals surface area (Å²) in [5.74, 6) is 1.96. The van der Waals surface area contributed by atoms with Crippen molar-refractivity contribution in [3.63, 3.8) is 0 Å². The minimum absolute atomic E-state index is 0.0249. The third kappa shape index (κ3) is 4.29. The lowest BCUT2D eigenvalue weighted by Gasteiger charge is -2.33. The molecule has 1 atom stereocenters. The molecule has 7 nitrogen and oxygen atoms in total. The summed E-state index contributed by atoms with van der Waals surface area (Å²) >= 11 is 0. The lowest BCUT2D eigenvalue weighted by Crippen LogP contribution is -2.39. The van der Waals surface area contributed by atoms with Gasteiger partial charge in [0, 0.05) is 32.8 Å². The van der Waals surface area contributed by atoms with Gasteiger partial charge in [-0.2, -0.15) is 4.98 Å². The van der Waals surface area contributed by atoms with E-state index in [0.29, 0.717) is 30.4 Å². The molecule has 1 unspecified atom stereocenters. The highest BCUT2D eigenvalue weighted by Crippen LogP contribution is 2.31. The van der Waals surface area contributed by atoms with Gasteiger partial charge in [-0.15, -0.1) is 0 Å². The number of aryl methyl sites for hydroxylation is 1. The quantitative estimate of drug-likeness (QED) is 0.681. The molecule has 1 saturated heterocycles. The topological polar surface area (TPSA) is 73.4 Å². The minimum Gasteiger partial charge on any atom is -0.381 e. The van der Waals surface area contributed by atoms with Gasteiger partial charge in [0.2, 0.25) is 5.89 Å². The monoisotopic (exact) mass is 386 g/mol. The molecule has 1 amide bonds. The molecule has 7 heteroatoms. The summed E-state index contributed by atoms with van der Waals surface area (Å²) in [7, 11) is 1.89. The maximum atomic E-state index is 13.0. The molecular weight excluding hydrogens is 356 g/mol. The number of carbonyl (C=O) groups excluding carboxylic acids is 1. The molecule has 2 fully saturated rings. The van der Waals surface area contributed by atoms with Crippen LogP contribution in [0.2, 0.25) is 0 Å². The molecule has 1 aliphatic heterocycles. The molecule has 0 radical (unpaired) electrons. The molecule has 0 bridgehead atoms. The Kier molecular flexibility index (Phi) is 6.10. The van der Waals surface area contributed by atoms with Crippen molar-refractivity contribution < 1.29 is 14.1 Å². The van der Waals surface area contributed by atoms with Gasteiger partial charge in [-0.3, -0.25) is 4.79 Å². The first-order valence-electron chi connectivity index (χ1n) is 10.5. The Bertz CT molecular complexity index is 778. The van der Waals surface area contributed by atoms with E-state index in [2.05, 4.69) is 10.1 Å². The van der Waals surface area contributed by atoms with Crippen molar-refractivity contribution in [2.75, 3.05) is 19.8 Å². The summed E-state index contributed by atoms with van der Waals surface area (Å²) in [5.41, 5.74) is 0.687. The number of likely N-dealkylation sites (tertiary alicyclic amines) is 1. The lowest BCUT2D eigenvalue weighted by molar-refractivity contribution is 0.0551. The van der Waals surface area contributed by atoms with E-state index in [9.17, 15) is 4.79 Å². The molecule has 3 heterocycles. The average Bonchev–Trinajstić information content (AvgIpc) is 3.47. The van der Waals surface area contributed by atoms with Crippen molar-refractivity contribution in [1.29, 1.82) is 0 Å². The maximum absolute atomic E-state index is 13.0. The predicted octanol–water partition coefficient (Wildman–Crippen LogP) is 3.52. The van der Waals surface area contributed by atoms with E-state index in [0.717, 1.165) is 38.3 Å². The number of piperidine rings is 1. The largest absolute Gasteiger partial charge is 0.381 e. The van der Waals surface area contributed by atoms with Crippen molar-refractivity contribution in [1.82, 2.24) is 19.6 Å². The fourth-order valence-electron chi connectivity index (χ4n) is 4.36. The molecular formula is C21H30N4O3. The minimum atomic E-state index is -0.142. The Morgan fingerprint density at radius 1 is 1.25 bits per heavy atom. The fraction of sp³-hybridized carbons (Fsp3) is 0.667. The normalized spacial score (nSPS) is 20.8. The average molecular weight is 386 g/mol. The molecule has 152 valence electrons. The molecule has 1 saturated carbocycles. The second kappa shape index (κ2) is 8.90. The van der Waals surface area contributed by atoms with Crippen LogP contribution in [0.4, 0.5) is 0 Å². The molecule has 2 aromatic heterocycles. The standard InChI is InChI=1S/C21H30N4O3/c1-24-12-6-10-18(24)21(26)25-13-5-4-9-17(25)20-22-19(23-28-20)11-14-27-15-16-7-2-3-8-16/h6,10,12,16-17H,2-5,7-9,11,13-15H2,1H3. The molecule has 1 aliphatic carbocycles. The van der Waals surface area contributed by atoms with E-state index < -0.39 is 0 Å². The number of amides is 1. The van der Waals surface area contributed by atoms with Gasteiger partial charge in [0.25, 0.3) is 5.91 Å². The molecule has 0 N–H and O–H groups in total. The first-order valence-corrected chi connectivity index (χ1v) is 10.5. The van der Waals surface area contributed by atoms with E-state index in [1.165, 1.54) is 25.7 Å². The predicted molar refractivity (Wildman–Crippen MR) is 104 cm³/mol. The molecule has 28 heavy (non-hydrogen) atoms. The molecule has 0 aromatic carbocycles. The summed E-state index contributed by atoms with van der Waals surface area (Å²) in [4.78, 5) is 19.5. The van der Waals surface area contributed by atoms with Crippen LogP contribution >= 0.6 is 0 Å². The highest BCUT2D eigenvalue weighted by molar-refractivity contribution is 5.93. The van der Waals surface area contributed by atoms with Crippen LogP contribution in [0.3, 0.4) is 0 Å². The van der Waals surface area contributed by atoms with Crippen LogP contribution in [0.25, 0.3) is 0 Å². The van der Waals surface area contributed by atoms with E-state index in [1.807, 2.05) is 34.8 Å². The maximum Gasteiger partial charge on any atom is 0.271 e. The zero-order chi connectivity index (χ0) is 19.3. The smallest absolute Gasteiger partial charge is 0.271 e.